The maximum Gasteiger partial charge on any atom is 0.323 e. The summed E-state index contributed by atoms with van der Waals surface area (Å²) in [6.45, 7) is 4.08. The number of anilines is 3. The van der Waals surface area contributed by atoms with Gasteiger partial charge in [-0.1, -0.05) is 6.92 Å². The van der Waals surface area contributed by atoms with Gasteiger partial charge in [0, 0.05) is 42.6 Å². The van der Waals surface area contributed by atoms with E-state index in [9.17, 15) is 19.5 Å². The molecule has 5 amide bonds. The number of rotatable bonds is 8. The minimum Gasteiger partial charge on any atom is -0.497 e. The van der Waals surface area contributed by atoms with Crippen LogP contribution in [0, 0.1) is 5.92 Å². The third kappa shape index (κ3) is 7.32. The molecule has 2 aliphatic heterocycles. The largest absolute Gasteiger partial charge is 0.497 e. The van der Waals surface area contributed by atoms with Crippen LogP contribution in [0.1, 0.15) is 24.2 Å². The van der Waals surface area contributed by atoms with Crippen LogP contribution in [-0.2, 0) is 0 Å². The molecule has 5 rings (SSSR count). The van der Waals surface area contributed by atoms with E-state index in [2.05, 4.69) is 16.0 Å². The molecule has 3 aromatic carbocycles. The number of aliphatic hydroxyl groups excluding tert-OH is 1. The predicted octanol–water partition coefficient (Wildman–Crippen LogP) is 4.45. The van der Waals surface area contributed by atoms with Crippen LogP contribution in [0.5, 0.6) is 23.0 Å². The summed E-state index contributed by atoms with van der Waals surface area (Å²) in [6.07, 6.45) is -0.495. The molecule has 0 fully saturated rings. The van der Waals surface area contributed by atoms with Crippen LogP contribution in [0.4, 0.5) is 26.7 Å². The number of hydrogen-bond acceptors (Lipinski definition) is 8. The van der Waals surface area contributed by atoms with E-state index in [4.69, 9.17) is 18.9 Å². The molecule has 0 aliphatic carbocycles. The number of likely N-dealkylation sites (N-methyl/N-ethyl adjacent to an activating group) is 1. The van der Waals surface area contributed by atoms with Crippen molar-refractivity contribution in [3.8, 4) is 23.0 Å². The third-order valence-electron chi connectivity index (χ3n) is 7.69. The lowest BCUT2D eigenvalue weighted by Gasteiger charge is -2.38. The molecule has 0 aromatic heterocycles. The number of hydrogen-bond donors (Lipinski definition) is 4. The van der Waals surface area contributed by atoms with Gasteiger partial charge in [0.2, 0.25) is 6.79 Å². The average Bonchev–Trinajstić information content (AvgIpc) is 3.51. The molecule has 238 valence electrons. The van der Waals surface area contributed by atoms with Crippen molar-refractivity contribution >= 4 is 35.0 Å². The van der Waals surface area contributed by atoms with Gasteiger partial charge in [-0.3, -0.25) is 4.79 Å². The minimum absolute atomic E-state index is 0.120. The van der Waals surface area contributed by atoms with E-state index < -0.39 is 18.2 Å². The van der Waals surface area contributed by atoms with Gasteiger partial charge in [0.1, 0.15) is 17.6 Å². The first-order valence-corrected chi connectivity index (χ1v) is 14.5. The highest BCUT2D eigenvalue weighted by Crippen LogP contribution is 2.35. The molecule has 4 N–H and O–H groups in total. The van der Waals surface area contributed by atoms with Crippen LogP contribution >= 0.6 is 0 Å². The molecule has 0 radical (unpaired) electrons. The third-order valence-corrected chi connectivity index (χ3v) is 7.69. The molecule has 3 aromatic rings. The Balaban J connectivity index is 1.32. The van der Waals surface area contributed by atoms with Gasteiger partial charge in [-0.05, 0) is 61.5 Å². The number of fused-ring (bicyclic) bond motifs is 2. The van der Waals surface area contributed by atoms with Crippen molar-refractivity contribution in [2.24, 2.45) is 5.92 Å². The highest BCUT2D eigenvalue weighted by atomic mass is 16.7. The summed E-state index contributed by atoms with van der Waals surface area (Å²) in [5.41, 5.74) is 1.70. The second kappa shape index (κ2) is 13.6. The lowest BCUT2D eigenvalue weighted by atomic mass is 9.99. The molecule has 2 heterocycles. The topological polar surface area (TPSA) is 151 Å². The summed E-state index contributed by atoms with van der Waals surface area (Å²) in [6, 6.07) is 15.5. The molecule has 0 unspecified atom stereocenters. The van der Waals surface area contributed by atoms with Crippen molar-refractivity contribution in [1.82, 2.24) is 9.80 Å². The Morgan fingerprint density at radius 2 is 1.62 bits per heavy atom. The van der Waals surface area contributed by atoms with Crippen LogP contribution in [0.15, 0.2) is 60.7 Å². The van der Waals surface area contributed by atoms with Gasteiger partial charge < -0.3 is 49.8 Å². The van der Waals surface area contributed by atoms with E-state index in [-0.39, 0.29) is 49.9 Å². The number of nitrogens with one attached hydrogen (secondary N) is 3. The standard InChI is InChI=1S/C32H37N5O8/c1-19-15-37(20(2)17-38)30(39)25-13-22(33-31(40)34-23-8-12-27-28(14-23)44-18-43-27)7-11-26(25)45-29(19)16-36(3)32(41)35-21-5-9-24(42-4)10-6-21/h5-14,19-20,29,38H,15-18H2,1-4H3,(H,35,41)(H2,33,34,40)/t19-,20+,29+/m1/s1. The van der Waals surface area contributed by atoms with Gasteiger partial charge in [-0.2, -0.15) is 0 Å². The summed E-state index contributed by atoms with van der Waals surface area (Å²) in [7, 11) is 3.24. The van der Waals surface area contributed by atoms with Gasteiger partial charge >= 0.3 is 12.1 Å². The Bertz CT molecular complexity index is 1550. The van der Waals surface area contributed by atoms with Gasteiger partial charge in [0.25, 0.3) is 5.91 Å². The number of urea groups is 2. The Hall–Kier alpha value is -5.17. The number of carbonyl (C=O) groups excluding carboxylic acids is 3. The maximum atomic E-state index is 13.8. The number of benzene rings is 3. The van der Waals surface area contributed by atoms with Crippen molar-refractivity contribution in [2.45, 2.75) is 26.0 Å². The Labute approximate surface area is 261 Å². The molecule has 0 spiro atoms. The zero-order chi connectivity index (χ0) is 32.1. The van der Waals surface area contributed by atoms with Crippen LogP contribution in [0.2, 0.25) is 0 Å². The van der Waals surface area contributed by atoms with E-state index in [1.54, 1.807) is 86.6 Å². The first-order chi connectivity index (χ1) is 21.6. The molecular weight excluding hydrogens is 582 g/mol. The van der Waals surface area contributed by atoms with Gasteiger partial charge in [-0.15, -0.1) is 0 Å². The van der Waals surface area contributed by atoms with Crippen LogP contribution in [-0.4, -0.2) is 85.7 Å². The molecule has 0 saturated carbocycles. The zero-order valence-corrected chi connectivity index (χ0v) is 25.5. The Morgan fingerprint density at radius 1 is 0.978 bits per heavy atom. The van der Waals surface area contributed by atoms with Crippen molar-refractivity contribution in [2.75, 3.05) is 56.6 Å². The number of amides is 5. The van der Waals surface area contributed by atoms with Gasteiger partial charge in [0.05, 0.1) is 31.9 Å². The normalized spacial score (nSPS) is 17.6. The van der Waals surface area contributed by atoms with Crippen molar-refractivity contribution in [3.63, 3.8) is 0 Å². The Kier molecular flexibility index (Phi) is 9.48. The van der Waals surface area contributed by atoms with E-state index in [1.165, 1.54) is 4.90 Å². The first kappa shape index (κ1) is 31.3. The summed E-state index contributed by atoms with van der Waals surface area (Å²) >= 11 is 0. The molecule has 13 nitrogen and oxygen atoms in total. The smallest absolute Gasteiger partial charge is 0.323 e. The fourth-order valence-electron chi connectivity index (χ4n) is 5.03. The van der Waals surface area contributed by atoms with Gasteiger partial charge in [-0.25, -0.2) is 9.59 Å². The number of ether oxygens (including phenoxy) is 4. The number of aliphatic hydroxyl groups is 1. The fourth-order valence-corrected chi connectivity index (χ4v) is 5.03. The second-order valence-corrected chi connectivity index (χ2v) is 11.0. The van der Waals surface area contributed by atoms with Gasteiger partial charge in [0.15, 0.2) is 11.5 Å². The average molecular weight is 620 g/mol. The molecule has 3 atom stereocenters. The molecule has 45 heavy (non-hydrogen) atoms. The summed E-state index contributed by atoms with van der Waals surface area (Å²) in [4.78, 5) is 42.7. The molecule has 13 heteroatoms. The molecule has 0 bridgehead atoms. The van der Waals surface area contributed by atoms with E-state index in [0.717, 1.165) is 0 Å². The molecule has 2 aliphatic rings. The fraction of sp³-hybridized carbons (Fsp3) is 0.344. The van der Waals surface area contributed by atoms with Crippen molar-refractivity contribution in [1.29, 1.82) is 0 Å². The van der Waals surface area contributed by atoms with Crippen molar-refractivity contribution < 1.29 is 38.4 Å². The summed E-state index contributed by atoms with van der Waals surface area (Å²) < 4.78 is 22.2. The van der Waals surface area contributed by atoms with E-state index >= 15 is 0 Å². The molecule has 0 saturated heterocycles. The second-order valence-electron chi connectivity index (χ2n) is 11.0. The monoisotopic (exact) mass is 619 g/mol. The van der Waals surface area contributed by atoms with Crippen LogP contribution in [0.3, 0.4) is 0 Å². The predicted molar refractivity (Wildman–Crippen MR) is 167 cm³/mol. The number of carbonyl (C=O) groups is 3. The lowest BCUT2D eigenvalue weighted by Crippen LogP contribution is -2.50. The van der Waals surface area contributed by atoms with Crippen LogP contribution < -0.4 is 34.9 Å². The number of nitrogens with zero attached hydrogens (tertiary/aromatic N) is 2. The number of methoxy groups -OCH3 is 1. The lowest BCUT2D eigenvalue weighted by molar-refractivity contribution is 0.0371. The quantitative estimate of drug-likeness (QED) is 0.289. The molecular formula is C32H37N5O8. The summed E-state index contributed by atoms with van der Waals surface area (Å²) in [5, 5.41) is 18.3. The highest BCUT2D eigenvalue weighted by molar-refractivity contribution is 6.02. The highest BCUT2D eigenvalue weighted by Gasteiger charge is 2.34. The minimum atomic E-state index is -0.524. The van der Waals surface area contributed by atoms with Crippen molar-refractivity contribution in [3.05, 3.63) is 66.2 Å². The maximum absolute atomic E-state index is 13.8. The van der Waals surface area contributed by atoms with E-state index in [1.807, 2.05) is 6.92 Å². The Morgan fingerprint density at radius 3 is 2.31 bits per heavy atom. The van der Waals surface area contributed by atoms with E-state index in [0.29, 0.717) is 40.1 Å². The summed E-state index contributed by atoms with van der Waals surface area (Å²) in [5.74, 6) is 1.57. The SMILES string of the molecule is COc1ccc(NC(=O)N(C)C[C@@H]2Oc3ccc(NC(=O)Nc4ccc5c(c4)OCO5)cc3C(=O)N([C@@H](C)CO)C[C@H]2C)cc1. The first-order valence-electron chi connectivity index (χ1n) is 14.5. The van der Waals surface area contributed by atoms with Crippen LogP contribution in [0.25, 0.3) is 0 Å². The zero-order valence-electron chi connectivity index (χ0n) is 25.5.